The van der Waals surface area contributed by atoms with Crippen molar-refractivity contribution in [1.82, 2.24) is 15.1 Å². The molecule has 0 aliphatic carbocycles. The molecule has 24 heavy (non-hydrogen) atoms. The number of nitrogens with one attached hydrogen (secondary N) is 1. The molecule has 0 atom stereocenters. The fraction of sp³-hybridized carbons (Fsp3) is 0.438. The quantitative estimate of drug-likeness (QED) is 0.799. The molecule has 3 rings (SSSR count). The Morgan fingerprint density at radius 1 is 1.25 bits per heavy atom. The summed E-state index contributed by atoms with van der Waals surface area (Å²) in [7, 11) is 1.58. The van der Waals surface area contributed by atoms with Gasteiger partial charge in [0.15, 0.2) is 0 Å². The molecule has 1 aromatic heterocycles. The van der Waals surface area contributed by atoms with Crippen LogP contribution >= 0.6 is 0 Å². The predicted molar refractivity (Wildman–Crippen MR) is 85.4 cm³/mol. The largest absolute Gasteiger partial charge is 0.497 e. The SMILES string of the molecule is CCN1CCN(C(=O)c2c(=O)o[nH][n+]2-c2ccc(OC)cc2)CC1. The Labute approximate surface area is 139 Å². The molecule has 2 heterocycles. The van der Waals surface area contributed by atoms with Crippen molar-refractivity contribution >= 4 is 5.91 Å². The van der Waals surface area contributed by atoms with Crippen LogP contribution in [0.2, 0.25) is 0 Å². The molecule has 1 fully saturated rings. The van der Waals surface area contributed by atoms with E-state index in [2.05, 4.69) is 17.1 Å². The second-order valence-electron chi connectivity index (χ2n) is 5.59. The highest BCUT2D eigenvalue weighted by atomic mass is 16.5. The number of likely N-dealkylation sites (N-methyl/N-ethyl adjacent to an activating group) is 1. The van der Waals surface area contributed by atoms with E-state index < -0.39 is 5.63 Å². The summed E-state index contributed by atoms with van der Waals surface area (Å²) < 4.78 is 11.3. The second kappa shape index (κ2) is 6.88. The van der Waals surface area contributed by atoms with Gasteiger partial charge in [-0.25, -0.2) is 4.79 Å². The van der Waals surface area contributed by atoms with Gasteiger partial charge in [-0.15, -0.1) is 0 Å². The van der Waals surface area contributed by atoms with Gasteiger partial charge in [-0.2, -0.15) is 0 Å². The maximum absolute atomic E-state index is 12.8. The Bertz CT molecular complexity index is 757. The van der Waals surface area contributed by atoms with E-state index in [0.717, 1.165) is 19.6 Å². The maximum atomic E-state index is 12.8. The predicted octanol–water partition coefficient (Wildman–Crippen LogP) is 0.0309. The number of piperazine rings is 1. The Kier molecular flexibility index (Phi) is 4.66. The summed E-state index contributed by atoms with van der Waals surface area (Å²) >= 11 is 0. The molecule has 0 saturated carbocycles. The van der Waals surface area contributed by atoms with Gasteiger partial charge in [0.05, 0.1) is 7.11 Å². The topological polar surface area (TPSA) is 82.7 Å². The molecule has 0 unspecified atom stereocenters. The van der Waals surface area contributed by atoms with Crippen LogP contribution in [0, 0.1) is 0 Å². The normalized spacial score (nSPS) is 15.5. The van der Waals surface area contributed by atoms with E-state index in [-0.39, 0.29) is 11.6 Å². The average molecular weight is 333 g/mol. The van der Waals surface area contributed by atoms with E-state index >= 15 is 0 Å². The van der Waals surface area contributed by atoms with Crippen LogP contribution in [0.4, 0.5) is 0 Å². The van der Waals surface area contributed by atoms with Crippen molar-refractivity contribution in [3.63, 3.8) is 0 Å². The van der Waals surface area contributed by atoms with Gasteiger partial charge in [0, 0.05) is 38.3 Å². The molecule has 0 radical (unpaired) electrons. The lowest BCUT2D eigenvalue weighted by Gasteiger charge is -2.32. The van der Waals surface area contributed by atoms with Crippen molar-refractivity contribution in [3.8, 4) is 11.4 Å². The number of aromatic nitrogens is 2. The highest BCUT2D eigenvalue weighted by Crippen LogP contribution is 2.11. The number of carbonyl (C=O) groups is 1. The number of benzene rings is 1. The number of hydrogen-bond donors (Lipinski definition) is 1. The summed E-state index contributed by atoms with van der Waals surface area (Å²) in [5, 5.41) is 2.50. The molecule has 1 N–H and O–H groups in total. The zero-order valence-corrected chi connectivity index (χ0v) is 13.8. The van der Waals surface area contributed by atoms with Gasteiger partial charge in [-0.05, 0) is 28.6 Å². The van der Waals surface area contributed by atoms with Crippen LogP contribution in [0.1, 0.15) is 17.4 Å². The first-order chi connectivity index (χ1) is 11.6. The monoisotopic (exact) mass is 333 g/mol. The zero-order valence-electron chi connectivity index (χ0n) is 13.8. The van der Waals surface area contributed by atoms with Gasteiger partial charge in [-0.3, -0.25) is 9.32 Å². The minimum Gasteiger partial charge on any atom is -0.497 e. The number of amides is 1. The summed E-state index contributed by atoms with van der Waals surface area (Å²) in [5.74, 6) is 0.366. The average Bonchev–Trinajstić information content (AvgIpc) is 3.02. The maximum Gasteiger partial charge on any atom is 0.441 e. The van der Waals surface area contributed by atoms with Crippen LogP contribution in [-0.2, 0) is 0 Å². The molecule has 0 bridgehead atoms. The van der Waals surface area contributed by atoms with Crippen LogP contribution < -0.4 is 15.0 Å². The van der Waals surface area contributed by atoms with E-state index in [1.807, 2.05) is 0 Å². The Balaban J connectivity index is 1.87. The summed E-state index contributed by atoms with van der Waals surface area (Å²) in [6.45, 7) is 5.86. The van der Waals surface area contributed by atoms with Gasteiger partial charge < -0.3 is 14.5 Å². The molecule has 8 heteroatoms. The van der Waals surface area contributed by atoms with Crippen LogP contribution in [0.5, 0.6) is 5.75 Å². The Morgan fingerprint density at radius 2 is 1.92 bits per heavy atom. The molecule has 1 aromatic carbocycles. The lowest BCUT2D eigenvalue weighted by atomic mass is 10.2. The number of rotatable bonds is 4. The standard InChI is InChI=1S/C16H20N4O4/c1-3-18-8-10-19(11-9-18)15(21)14-16(22)24-17-20(14)12-4-6-13(23-2)7-5-12/h4-7H,3,8-11H2,1-2H3/p+1. The summed E-state index contributed by atoms with van der Waals surface area (Å²) in [6, 6.07) is 7.00. The van der Waals surface area contributed by atoms with Crippen molar-refractivity contribution in [2.75, 3.05) is 39.8 Å². The summed E-state index contributed by atoms with van der Waals surface area (Å²) in [5.41, 5.74) is -0.0731. The van der Waals surface area contributed by atoms with Gasteiger partial charge in [0.25, 0.3) is 0 Å². The van der Waals surface area contributed by atoms with Crippen molar-refractivity contribution in [2.45, 2.75) is 6.92 Å². The third-order valence-electron chi connectivity index (χ3n) is 4.29. The van der Waals surface area contributed by atoms with E-state index in [0.29, 0.717) is 24.5 Å². The number of hydrogen-bond acceptors (Lipinski definition) is 5. The molecule has 1 amide bonds. The van der Waals surface area contributed by atoms with Crippen molar-refractivity contribution in [2.24, 2.45) is 0 Å². The van der Waals surface area contributed by atoms with Gasteiger partial charge in [-0.1, -0.05) is 6.92 Å². The molecule has 1 aliphatic heterocycles. The minimum absolute atomic E-state index is 0.0230. The number of methoxy groups -OCH3 is 1. The number of H-pyrrole nitrogens is 1. The number of nitrogens with zero attached hydrogens (tertiary/aromatic N) is 3. The molecule has 0 spiro atoms. The number of ether oxygens (including phenoxy) is 1. The Morgan fingerprint density at radius 3 is 2.50 bits per heavy atom. The van der Waals surface area contributed by atoms with E-state index in [1.165, 1.54) is 4.68 Å². The first-order valence-electron chi connectivity index (χ1n) is 7.93. The first kappa shape index (κ1) is 16.3. The van der Waals surface area contributed by atoms with Crippen LogP contribution in [-0.4, -0.2) is 60.8 Å². The lowest BCUT2D eigenvalue weighted by Crippen LogP contribution is -2.52. The van der Waals surface area contributed by atoms with Crippen LogP contribution in [0.25, 0.3) is 5.69 Å². The van der Waals surface area contributed by atoms with Crippen molar-refractivity contribution in [3.05, 3.63) is 40.4 Å². The molecular formula is C16H21N4O4+. The van der Waals surface area contributed by atoms with Crippen LogP contribution in [0.15, 0.2) is 33.6 Å². The molecule has 1 aliphatic rings. The summed E-state index contributed by atoms with van der Waals surface area (Å²) in [4.78, 5) is 28.8. The van der Waals surface area contributed by atoms with Crippen molar-refractivity contribution < 1.29 is 18.7 Å². The molecule has 1 saturated heterocycles. The third kappa shape index (κ3) is 3.05. The second-order valence-corrected chi connectivity index (χ2v) is 5.59. The van der Waals surface area contributed by atoms with Crippen molar-refractivity contribution in [1.29, 1.82) is 0 Å². The Hall–Kier alpha value is -2.61. The molecule has 2 aromatic rings. The van der Waals surface area contributed by atoms with E-state index in [9.17, 15) is 9.59 Å². The molecule has 8 nitrogen and oxygen atoms in total. The van der Waals surface area contributed by atoms with E-state index in [1.54, 1.807) is 36.3 Å². The summed E-state index contributed by atoms with van der Waals surface area (Å²) in [6.07, 6.45) is 0. The van der Waals surface area contributed by atoms with Gasteiger partial charge in [0.1, 0.15) is 5.75 Å². The zero-order chi connectivity index (χ0) is 17.1. The highest BCUT2D eigenvalue weighted by Gasteiger charge is 2.35. The van der Waals surface area contributed by atoms with Gasteiger partial charge >= 0.3 is 17.2 Å². The highest BCUT2D eigenvalue weighted by molar-refractivity contribution is 5.90. The molecule has 128 valence electrons. The third-order valence-corrected chi connectivity index (χ3v) is 4.29. The fourth-order valence-electron chi connectivity index (χ4n) is 2.79. The van der Waals surface area contributed by atoms with Gasteiger partial charge in [0.2, 0.25) is 5.69 Å². The molecular weight excluding hydrogens is 312 g/mol. The fourth-order valence-corrected chi connectivity index (χ4v) is 2.79. The lowest BCUT2D eigenvalue weighted by molar-refractivity contribution is -0.672. The first-order valence-corrected chi connectivity index (χ1v) is 7.93. The smallest absolute Gasteiger partial charge is 0.441 e. The number of carbonyl (C=O) groups excluding carboxylic acids is 1. The number of aromatic amines is 1. The minimum atomic E-state index is -0.672. The van der Waals surface area contributed by atoms with E-state index in [4.69, 9.17) is 9.26 Å². The van der Waals surface area contributed by atoms with Crippen LogP contribution in [0.3, 0.4) is 0 Å².